The first kappa shape index (κ1) is 19.2. The molecule has 2 aromatic rings. The van der Waals surface area contributed by atoms with Gasteiger partial charge in [-0.15, -0.1) is 0 Å². The number of carbonyl (C=O) groups is 1. The molecule has 0 bridgehead atoms. The summed E-state index contributed by atoms with van der Waals surface area (Å²) < 4.78 is 1.91. The quantitative estimate of drug-likeness (QED) is 0.853. The maximum Gasteiger partial charge on any atom is 0.271 e. The van der Waals surface area contributed by atoms with Crippen molar-refractivity contribution in [3.8, 4) is 5.69 Å². The van der Waals surface area contributed by atoms with E-state index in [0.29, 0.717) is 23.6 Å². The molecular weight excluding hydrogens is 348 g/mol. The summed E-state index contributed by atoms with van der Waals surface area (Å²) in [5.41, 5.74) is 2.58. The fourth-order valence-corrected chi connectivity index (χ4v) is 4.82. The molecule has 1 aromatic carbocycles. The molecule has 28 heavy (non-hydrogen) atoms. The predicted molar refractivity (Wildman–Crippen MR) is 112 cm³/mol. The molecule has 3 heterocycles. The smallest absolute Gasteiger partial charge is 0.271 e. The first-order chi connectivity index (χ1) is 13.6. The van der Waals surface area contributed by atoms with Gasteiger partial charge in [-0.1, -0.05) is 38.5 Å². The second-order valence-corrected chi connectivity index (χ2v) is 8.57. The highest BCUT2D eigenvalue weighted by Crippen LogP contribution is 2.30. The van der Waals surface area contributed by atoms with Crippen molar-refractivity contribution in [1.82, 2.24) is 20.0 Å². The molecule has 5 nitrogen and oxygen atoms in total. The maximum atomic E-state index is 12.9. The fourth-order valence-electron chi connectivity index (χ4n) is 4.82. The van der Waals surface area contributed by atoms with Gasteiger partial charge < -0.3 is 10.2 Å². The minimum atomic E-state index is -0.0514. The lowest BCUT2D eigenvalue weighted by Crippen LogP contribution is -2.51. The van der Waals surface area contributed by atoms with E-state index in [2.05, 4.69) is 29.2 Å². The summed E-state index contributed by atoms with van der Waals surface area (Å²) in [4.78, 5) is 15.5. The number of carbonyl (C=O) groups excluding carboxylic acids is 1. The average Bonchev–Trinajstić information content (AvgIpc) is 3.18. The van der Waals surface area contributed by atoms with E-state index in [4.69, 9.17) is 0 Å². The van der Waals surface area contributed by atoms with Crippen molar-refractivity contribution in [1.29, 1.82) is 0 Å². The van der Waals surface area contributed by atoms with Gasteiger partial charge >= 0.3 is 0 Å². The van der Waals surface area contributed by atoms with Crippen LogP contribution in [0.15, 0.2) is 36.4 Å². The Bertz CT molecular complexity index is 796. The van der Waals surface area contributed by atoms with Crippen LogP contribution < -0.4 is 5.32 Å². The van der Waals surface area contributed by atoms with Gasteiger partial charge in [0.1, 0.15) is 0 Å². The number of fused-ring (bicyclic) bond motifs is 1. The molecule has 4 rings (SSSR count). The molecule has 1 N–H and O–H groups in total. The molecule has 0 saturated carbocycles. The zero-order valence-electron chi connectivity index (χ0n) is 17.1. The third-order valence-corrected chi connectivity index (χ3v) is 6.32. The number of piperidine rings is 2. The number of benzene rings is 1. The predicted octanol–water partition coefficient (Wildman–Crippen LogP) is 3.99. The Morgan fingerprint density at radius 1 is 1.14 bits per heavy atom. The van der Waals surface area contributed by atoms with E-state index < -0.39 is 0 Å². The number of nitrogens with zero attached hydrogens (tertiary/aromatic N) is 3. The molecule has 5 heteroatoms. The molecule has 150 valence electrons. The van der Waals surface area contributed by atoms with Crippen molar-refractivity contribution < 1.29 is 4.79 Å². The first-order valence-corrected chi connectivity index (χ1v) is 10.8. The van der Waals surface area contributed by atoms with Gasteiger partial charge in [-0.2, -0.15) is 5.10 Å². The van der Waals surface area contributed by atoms with Gasteiger partial charge in [0.2, 0.25) is 0 Å². The van der Waals surface area contributed by atoms with E-state index >= 15 is 0 Å². The van der Waals surface area contributed by atoms with Crippen molar-refractivity contribution in [3.63, 3.8) is 0 Å². The van der Waals surface area contributed by atoms with Crippen LogP contribution in [0.4, 0.5) is 0 Å². The number of hydrogen-bond acceptors (Lipinski definition) is 3. The lowest BCUT2D eigenvalue weighted by atomic mass is 9.83. The van der Waals surface area contributed by atoms with Crippen LogP contribution in [0, 0.1) is 5.92 Å². The van der Waals surface area contributed by atoms with Crippen molar-refractivity contribution in [2.24, 2.45) is 5.92 Å². The van der Waals surface area contributed by atoms with E-state index in [1.165, 1.54) is 45.2 Å². The molecule has 1 amide bonds. The lowest BCUT2D eigenvalue weighted by molar-refractivity contribution is 0.0575. The van der Waals surface area contributed by atoms with E-state index in [0.717, 1.165) is 17.9 Å². The van der Waals surface area contributed by atoms with Crippen LogP contribution in [-0.2, 0) is 0 Å². The summed E-state index contributed by atoms with van der Waals surface area (Å²) in [5, 5.41) is 7.83. The molecule has 0 spiro atoms. The number of amides is 1. The van der Waals surface area contributed by atoms with Gasteiger partial charge in [0.15, 0.2) is 5.69 Å². The summed E-state index contributed by atoms with van der Waals surface area (Å²) >= 11 is 0. The van der Waals surface area contributed by atoms with Crippen LogP contribution in [0.25, 0.3) is 5.69 Å². The van der Waals surface area contributed by atoms with Crippen molar-refractivity contribution in [2.45, 2.75) is 57.9 Å². The van der Waals surface area contributed by atoms with Gasteiger partial charge in [0.05, 0.1) is 5.69 Å². The van der Waals surface area contributed by atoms with Crippen molar-refractivity contribution >= 4 is 5.91 Å². The third-order valence-electron chi connectivity index (χ3n) is 6.32. The highest BCUT2D eigenvalue weighted by atomic mass is 16.1. The fraction of sp³-hybridized carbons (Fsp3) is 0.565. The van der Waals surface area contributed by atoms with E-state index in [9.17, 15) is 4.79 Å². The van der Waals surface area contributed by atoms with Crippen LogP contribution in [0.2, 0.25) is 0 Å². The van der Waals surface area contributed by atoms with E-state index in [1.807, 2.05) is 41.1 Å². The SMILES string of the molecule is CC(C)c1cc(C(=O)NC[C@H]2CCCN3CCCC[C@@H]23)nn1-c1ccccc1. The molecule has 0 aliphatic carbocycles. The topological polar surface area (TPSA) is 50.2 Å². The monoisotopic (exact) mass is 380 g/mol. The normalized spacial score (nSPS) is 22.8. The minimum Gasteiger partial charge on any atom is -0.350 e. The zero-order valence-corrected chi connectivity index (χ0v) is 17.1. The zero-order chi connectivity index (χ0) is 19.5. The molecule has 2 saturated heterocycles. The molecule has 2 aliphatic rings. The first-order valence-electron chi connectivity index (χ1n) is 10.8. The largest absolute Gasteiger partial charge is 0.350 e. The summed E-state index contributed by atoms with van der Waals surface area (Å²) in [6, 6.07) is 12.6. The van der Waals surface area contributed by atoms with Crippen LogP contribution >= 0.6 is 0 Å². The maximum absolute atomic E-state index is 12.9. The summed E-state index contributed by atoms with van der Waals surface area (Å²) in [7, 11) is 0. The van der Waals surface area contributed by atoms with Crippen LogP contribution in [-0.4, -0.2) is 46.3 Å². The minimum absolute atomic E-state index is 0.0514. The van der Waals surface area contributed by atoms with Crippen LogP contribution in [0.1, 0.15) is 68.1 Å². The van der Waals surface area contributed by atoms with Gasteiger partial charge in [0.25, 0.3) is 5.91 Å². The second kappa shape index (κ2) is 8.48. The van der Waals surface area contributed by atoms with E-state index in [1.54, 1.807) is 0 Å². The van der Waals surface area contributed by atoms with Crippen molar-refractivity contribution in [3.05, 3.63) is 47.8 Å². The van der Waals surface area contributed by atoms with Gasteiger partial charge in [-0.05, 0) is 68.8 Å². The van der Waals surface area contributed by atoms with Gasteiger partial charge in [0, 0.05) is 18.3 Å². The highest BCUT2D eigenvalue weighted by molar-refractivity contribution is 5.92. The third kappa shape index (κ3) is 4.00. The molecule has 2 fully saturated rings. The Hall–Kier alpha value is -2.14. The number of hydrogen-bond donors (Lipinski definition) is 1. The summed E-state index contributed by atoms with van der Waals surface area (Å²) in [6.45, 7) is 7.49. The van der Waals surface area contributed by atoms with Crippen LogP contribution in [0.5, 0.6) is 0 Å². The van der Waals surface area contributed by atoms with Gasteiger partial charge in [-0.25, -0.2) is 4.68 Å². The van der Waals surface area contributed by atoms with E-state index in [-0.39, 0.29) is 5.91 Å². The Balaban J connectivity index is 1.46. The molecule has 0 unspecified atom stereocenters. The Kier molecular flexibility index (Phi) is 5.81. The Morgan fingerprint density at radius 3 is 2.71 bits per heavy atom. The summed E-state index contributed by atoms with van der Waals surface area (Å²) in [5.74, 6) is 0.812. The Labute approximate surface area is 168 Å². The molecular formula is C23H32N4O. The number of rotatable bonds is 5. The highest BCUT2D eigenvalue weighted by Gasteiger charge is 2.33. The van der Waals surface area contributed by atoms with Crippen molar-refractivity contribution in [2.75, 3.05) is 19.6 Å². The number of aromatic nitrogens is 2. The standard InChI is InChI=1S/C23H32N4O/c1-17(2)22-15-20(25-27(22)19-10-4-3-5-11-19)23(28)24-16-18-9-8-14-26-13-7-6-12-21(18)26/h3-5,10-11,15,17-18,21H,6-9,12-14,16H2,1-2H3,(H,24,28)/t18-,21+/m1/s1. The lowest BCUT2D eigenvalue weighted by Gasteiger charge is -2.44. The molecule has 2 atom stereocenters. The molecule has 2 aliphatic heterocycles. The van der Waals surface area contributed by atoms with Crippen LogP contribution in [0.3, 0.4) is 0 Å². The second-order valence-electron chi connectivity index (χ2n) is 8.57. The number of para-hydroxylation sites is 1. The van der Waals surface area contributed by atoms with Gasteiger partial charge in [-0.3, -0.25) is 4.79 Å². The molecule has 0 radical (unpaired) electrons. The Morgan fingerprint density at radius 2 is 1.93 bits per heavy atom. The summed E-state index contributed by atoms with van der Waals surface area (Å²) in [6.07, 6.45) is 6.39. The number of nitrogens with one attached hydrogen (secondary N) is 1. The average molecular weight is 381 g/mol. The molecule has 1 aromatic heterocycles.